The highest BCUT2D eigenvalue weighted by molar-refractivity contribution is 5.95. The van der Waals surface area contributed by atoms with Crippen molar-refractivity contribution in [3.63, 3.8) is 0 Å². The summed E-state index contributed by atoms with van der Waals surface area (Å²) in [5.74, 6) is -1.33. The van der Waals surface area contributed by atoms with E-state index in [1.807, 2.05) is 0 Å². The van der Waals surface area contributed by atoms with Gasteiger partial charge in [-0.05, 0) is 24.6 Å². The summed E-state index contributed by atoms with van der Waals surface area (Å²) in [6.45, 7) is 0.910. The smallest absolute Gasteiger partial charge is 0.272 e. The number of amides is 2. The summed E-state index contributed by atoms with van der Waals surface area (Å²) >= 11 is 0. The zero-order valence-electron chi connectivity index (χ0n) is 12.3. The van der Waals surface area contributed by atoms with Crippen molar-refractivity contribution in [1.29, 1.82) is 0 Å². The molecule has 0 spiro atoms. The normalized spacial score (nSPS) is 17.1. The summed E-state index contributed by atoms with van der Waals surface area (Å²) in [6.07, 6.45) is 4.55. The van der Waals surface area contributed by atoms with Crippen LogP contribution >= 0.6 is 0 Å². The quantitative estimate of drug-likeness (QED) is 0.925. The van der Waals surface area contributed by atoms with Crippen molar-refractivity contribution < 1.29 is 14.0 Å². The van der Waals surface area contributed by atoms with Crippen molar-refractivity contribution in [2.45, 2.75) is 12.5 Å². The molecule has 0 aromatic carbocycles. The van der Waals surface area contributed by atoms with E-state index in [2.05, 4.69) is 15.3 Å². The lowest BCUT2D eigenvalue weighted by Gasteiger charge is -2.16. The molecule has 1 unspecified atom stereocenters. The number of halogens is 1. The minimum atomic E-state index is -0.663. The second-order valence-electron chi connectivity index (χ2n) is 5.28. The number of pyridine rings is 2. The van der Waals surface area contributed by atoms with Gasteiger partial charge in [0.1, 0.15) is 5.69 Å². The van der Waals surface area contributed by atoms with Gasteiger partial charge in [-0.15, -0.1) is 0 Å². The average Bonchev–Trinajstić information content (AvgIpc) is 3.03. The molecule has 2 amide bonds. The van der Waals surface area contributed by atoms with Crippen molar-refractivity contribution in [1.82, 2.24) is 20.2 Å². The summed E-state index contributed by atoms with van der Waals surface area (Å²) in [7, 11) is 0. The molecule has 3 rings (SSSR count). The van der Waals surface area contributed by atoms with Crippen molar-refractivity contribution in [2.75, 3.05) is 13.1 Å². The van der Waals surface area contributed by atoms with E-state index in [1.54, 1.807) is 29.3 Å². The molecule has 118 valence electrons. The Morgan fingerprint density at radius 2 is 2.13 bits per heavy atom. The van der Waals surface area contributed by atoms with Crippen LogP contribution < -0.4 is 5.32 Å². The predicted molar refractivity (Wildman–Crippen MR) is 80.2 cm³/mol. The van der Waals surface area contributed by atoms with Gasteiger partial charge in [-0.25, -0.2) is 4.39 Å². The van der Waals surface area contributed by atoms with E-state index in [-0.39, 0.29) is 17.5 Å². The Bertz CT molecular complexity index is 723. The first-order valence-corrected chi connectivity index (χ1v) is 7.26. The number of likely N-dealkylation sites (tertiary alicyclic amines) is 1. The summed E-state index contributed by atoms with van der Waals surface area (Å²) in [5.41, 5.74) is 0.328. The maximum Gasteiger partial charge on any atom is 0.272 e. The fourth-order valence-corrected chi connectivity index (χ4v) is 2.54. The fourth-order valence-electron chi connectivity index (χ4n) is 2.54. The van der Waals surface area contributed by atoms with Crippen LogP contribution in [0.1, 0.15) is 27.3 Å². The third kappa shape index (κ3) is 3.33. The third-order valence-corrected chi connectivity index (χ3v) is 3.71. The molecule has 1 fully saturated rings. The second-order valence-corrected chi connectivity index (χ2v) is 5.28. The zero-order valence-corrected chi connectivity index (χ0v) is 12.3. The van der Waals surface area contributed by atoms with Crippen LogP contribution in [0.5, 0.6) is 0 Å². The topological polar surface area (TPSA) is 75.2 Å². The van der Waals surface area contributed by atoms with Gasteiger partial charge in [0.25, 0.3) is 11.8 Å². The van der Waals surface area contributed by atoms with E-state index in [0.29, 0.717) is 25.2 Å². The molecule has 6 nitrogen and oxygen atoms in total. The maximum atomic E-state index is 13.5. The lowest BCUT2D eigenvalue weighted by Crippen LogP contribution is -2.39. The summed E-state index contributed by atoms with van der Waals surface area (Å²) in [5, 5.41) is 2.75. The summed E-state index contributed by atoms with van der Waals surface area (Å²) in [6, 6.07) is 6.27. The average molecular weight is 314 g/mol. The van der Waals surface area contributed by atoms with Crippen LogP contribution in [0.25, 0.3) is 0 Å². The molecule has 0 radical (unpaired) electrons. The Morgan fingerprint density at radius 1 is 1.26 bits per heavy atom. The molecule has 1 N–H and O–H groups in total. The number of hydrogen-bond acceptors (Lipinski definition) is 4. The predicted octanol–water partition coefficient (Wildman–Crippen LogP) is 1.26. The number of rotatable bonds is 3. The molecule has 2 aromatic heterocycles. The van der Waals surface area contributed by atoms with E-state index < -0.39 is 11.7 Å². The van der Waals surface area contributed by atoms with Crippen molar-refractivity contribution >= 4 is 11.8 Å². The Kier molecular flexibility index (Phi) is 4.27. The van der Waals surface area contributed by atoms with Gasteiger partial charge in [0, 0.05) is 31.5 Å². The highest BCUT2D eigenvalue weighted by Gasteiger charge is 2.29. The molecule has 7 heteroatoms. The minimum Gasteiger partial charge on any atom is -0.347 e. The highest BCUT2D eigenvalue weighted by Crippen LogP contribution is 2.14. The van der Waals surface area contributed by atoms with Crippen LogP contribution in [0.3, 0.4) is 0 Å². The molecule has 0 aliphatic carbocycles. The van der Waals surface area contributed by atoms with Gasteiger partial charge in [-0.1, -0.05) is 6.07 Å². The number of aromatic nitrogens is 2. The monoisotopic (exact) mass is 314 g/mol. The van der Waals surface area contributed by atoms with Crippen molar-refractivity contribution in [2.24, 2.45) is 0 Å². The molecule has 2 aromatic rings. The molecule has 23 heavy (non-hydrogen) atoms. The van der Waals surface area contributed by atoms with Gasteiger partial charge in [-0.2, -0.15) is 0 Å². The molecule has 1 atom stereocenters. The number of carbonyl (C=O) groups excluding carboxylic acids is 2. The Morgan fingerprint density at radius 3 is 2.87 bits per heavy atom. The summed E-state index contributed by atoms with van der Waals surface area (Å²) in [4.78, 5) is 33.6. The zero-order chi connectivity index (χ0) is 16.2. The number of hydrogen-bond donors (Lipinski definition) is 1. The SMILES string of the molecule is O=C(NC1CCN(C(=O)c2ccccn2)C1)c1ccncc1F. The van der Waals surface area contributed by atoms with Crippen LogP contribution in [0.15, 0.2) is 42.9 Å². The van der Waals surface area contributed by atoms with E-state index in [9.17, 15) is 14.0 Å². The molecular formula is C16H15FN4O2. The Labute approximate surface area is 132 Å². The number of carbonyl (C=O) groups is 2. The van der Waals surface area contributed by atoms with Crippen LogP contribution in [-0.2, 0) is 0 Å². The first-order valence-electron chi connectivity index (χ1n) is 7.26. The van der Waals surface area contributed by atoms with Gasteiger partial charge < -0.3 is 10.2 Å². The molecular weight excluding hydrogens is 299 g/mol. The fraction of sp³-hybridized carbons (Fsp3) is 0.250. The largest absolute Gasteiger partial charge is 0.347 e. The standard InChI is InChI=1S/C16H15FN4O2/c17-13-9-18-7-4-12(13)15(22)20-11-5-8-21(10-11)16(23)14-3-1-2-6-19-14/h1-4,6-7,9,11H,5,8,10H2,(H,20,22). The third-order valence-electron chi connectivity index (χ3n) is 3.71. The van der Waals surface area contributed by atoms with E-state index in [1.165, 1.54) is 12.3 Å². The molecule has 0 bridgehead atoms. The molecule has 0 saturated carbocycles. The Hall–Kier alpha value is -2.83. The molecule has 3 heterocycles. The van der Waals surface area contributed by atoms with E-state index >= 15 is 0 Å². The van der Waals surface area contributed by atoms with Crippen LogP contribution in [0.2, 0.25) is 0 Å². The molecule has 1 aliphatic rings. The van der Waals surface area contributed by atoms with Gasteiger partial charge in [0.15, 0.2) is 5.82 Å². The van der Waals surface area contributed by atoms with Crippen molar-refractivity contribution in [3.8, 4) is 0 Å². The lowest BCUT2D eigenvalue weighted by atomic mass is 10.2. The second kappa shape index (κ2) is 6.51. The first kappa shape index (κ1) is 15.1. The van der Waals surface area contributed by atoms with Crippen LogP contribution in [-0.4, -0.2) is 45.8 Å². The van der Waals surface area contributed by atoms with Gasteiger partial charge in [-0.3, -0.25) is 19.6 Å². The summed E-state index contributed by atoms with van der Waals surface area (Å²) < 4.78 is 13.5. The highest BCUT2D eigenvalue weighted by atomic mass is 19.1. The van der Waals surface area contributed by atoms with Crippen molar-refractivity contribution in [3.05, 3.63) is 59.9 Å². The maximum absolute atomic E-state index is 13.5. The Balaban J connectivity index is 1.61. The van der Waals surface area contributed by atoms with Gasteiger partial charge >= 0.3 is 0 Å². The number of nitrogens with zero attached hydrogens (tertiary/aromatic N) is 3. The van der Waals surface area contributed by atoms with E-state index in [0.717, 1.165) is 6.20 Å². The van der Waals surface area contributed by atoms with Gasteiger partial charge in [0.2, 0.25) is 0 Å². The minimum absolute atomic E-state index is 0.0468. The van der Waals surface area contributed by atoms with E-state index in [4.69, 9.17) is 0 Å². The first-order chi connectivity index (χ1) is 11.1. The van der Waals surface area contributed by atoms with Crippen LogP contribution in [0, 0.1) is 5.82 Å². The number of nitrogens with one attached hydrogen (secondary N) is 1. The molecule has 1 aliphatic heterocycles. The van der Waals surface area contributed by atoms with Gasteiger partial charge in [0.05, 0.1) is 11.8 Å². The van der Waals surface area contributed by atoms with Crippen LogP contribution in [0.4, 0.5) is 4.39 Å². The molecule has 1 saturated heterocycles. The lowest BCUT2D eigenvalue weighted by molar-refractivity contribution is 0.0777.